The quantitative estimate of drug-likeness (QED) is 0.359. The fourth-order valence-corrected chi connectivity index (χ4v) is 4.07. The van der Waals surface area contributed by atoms with E-state index in [1.165, 1.54) is 6.26 Å². The Bertz CT molecular complexity index is 670. The molecule has 25 heavy (non-hydrogen) atoms. The second-order valence-corrected chi connectivity index (χ2v) is 7.98. The number of hydrogen-bond acceptors (Lipinski definition) is 5. The molecule has 8 nitrogen and oxygen atoms in total. The van der Waals surface area contributed by atoms with Gasteiger partial charge in [-0.1, -0.05) is 5.16 Å². The van der Waals surface area contributed by atoms with Gasteiger partial charge in [-0.05, 0) is 33.6 Å². The van der Waals surface area contributed by atoms with Gasteiger partial charge in [0.1, 0.15) is 5.76 Å². The largest absolute Gasteiger partial charge is 0.361 e. The van der Waals surface area contributed by atoms with Crippen molar-refractivity contribution in [3.63, 3.8) is 0 Å². The van der Waals surface area contributed by atoms with E-state index >= 15 is 0 Å². The van der Waals surface area contributed by atoms with Crippen molar-refractivity contribution >= 4 is 40.0 Å². The van der Waals surface area contributed by atoms with E-state index in [2.05, 4.69) is 20.8 Å². The monoisotopic (exact) mass is 485 g/mol. The van der Waals surface area contributed by atoms with Gasteiger partial charge in [0.2, 0.25) is 10.0 Å². The smallest absolute Gasteiger partial charge is 0.211 e. The van der Waals surface area contributed by atoms with Crippen LogP contribution in [-0.2, 0) is 16.6 Å². The van der Waals surface area contributed by atoms with Crippen LogP contribution in [-0.4, -0.2) is 55.8 Å². The Morgan fingerprint density at radius 2 is 2.12 bits per heavy atom. The van der Waals surface area contributed by atoms with Crippen molar-refractivity contribution in [1.29, 1.82) is 0 Å². The van der Waals surface area contributed by atoms with Gasteiger partial charge < -0.3 is 15.2 Å². The number of hydrogen-bond donors (Lipinski definition) is 2. The molecule has 0 saturated carbocycles. The molecule has 0 amide bonds. The minimum absolute atomic E-state index is 0. The van der Waals surface area contributed by atoms with Gasteiger partial charge >= 0.3 is 0 Å². The van der Waals surface area contributed by atoms with Crippen LogP contribution in [0.5, 0.6) is 0 Å². The van der Waals surface area contributed by atoms with Gasteiger partial charge in [0.15, 0.2) is 5.96 Å². The van der Waals surface area contributed by atoms with E-state index in [0.29, 0.717) is 25.6 Å². The topological polar surface area (TPSA) is 99.8 Å². The molecule has 2 rings (SSSR count). The predicted molar refractivity (Wildman–Crippen MR) is 109 cm³/mol. The molecule has 0 aliphatic carbocycles. The molecule has 2 N–H and O–H groups in total. The van der Waals surface area contributed by atoms with Crippen LogP contribution in [0.1, 0.15) is 36.8 Å². The van der Waals surface area contributed by atoms with Crippen molar-refractivity contribution in [2.75, 3.05) is 25.9 Å². The molecule has 0 radical (unpaired) electrons. The SMILES string of the molecule is CCNC(=NCc1c(C)noc1C)NC[C@H]1CCCN1S(C)(=O)=O.I. The number of aliphatic imine (C=N–C) groups is 1. The summed E-state index contributed by atoms with van der Waals surface area (Å²) in [7, 11) is -3.16. The lowest BCUT2D eigenvalue weighted by Crippen LogP contribution is -2.46. The Labute approximate surface area is 166 Å². The van der Waals surface area contributed by atoms with Gasteiger partial charge in [-0.2, -0.15) is 4.31 Å². The van der Waals surface area contributed by atoms with E-state index in [4.69, 9.17) is 4.52 Å². The summed E-state index contributed by atoms with van der Waals surface area (Å²) in [4.78, 5) is 4.55. The first-order valence-electron chi connectivity index (χ1n) is 8.23. The standard InChI is InChI=1S/C15H27N5O3S.HI/c1-5-16-15(18-10-14-11(2)19-23-12(14)3)17-9-13-7-6-8-20(13)24(4,21)22;/h13H,5-10H2,1-4H3,(H2,16,17,18);1H/t13-;/m1./s1. The summed E-state index contributed by atoms with van der Waals surface area (Å²) in [5.74, 6) is 1.43. The van der Waals surface area contributed by atoms with E-state index in [9.17, 15) is 8.42 Å². The van der Waals surface area contributed by atoms with E-state index in [1.54, 1.807) is 4.31 Å². The van der Waals surface area contributed by atoms with Crippen LogP contribution in [0.25, 0.3) is 0 Å². The molecule has 0 unspecified atom stereocenters. The molecule has 0 aromatic carbocycles. The fraction of sp³-hybridized carbons (Fsp3) is 0.733. The predicted octanol–water partition coefficient (Wildman–Crippen LogP) is 1.39. The highest BCUT2D eigenvalue weighted by atomic mass is 127. The normalized spacial score (nSPS) is 18.9. The molecule has 144 valence electrons. The van der Waals surface area contributed by atoms with Crippen molar-refractivity contribution in [2.45, 2.75) is 46.2 Å². The highest BCUT2D eigenvalue weighted by Crippen LogP contribution is 2.19. The van der Waals surface area contributed by atoms with Crippen LogP contribution in [0, 0.1) is 13.8 Å². The van der Waals surface area contributed by atoms with Gasteiger partial charge in [0.05, 0.1) is 18.5 Å². The molecule has 1 aromatic rings. The Hall–Kier alpha value is -0.880. The second kappa shape index (κ2) is 9.72. The van der Waals surface area contributed by atoms with Crippen LogP contribution in [0.2, 0.25) is 0 Å². The van der Waals surface area contributed by atoms with E-state index in [1.807, 2.05) is 20.8 Å². The summed E-state index contributed by atoms with van der Waals surface area (Å²) < 4.78 is 30.3. The van der Waals surface area contributed by atoms with Crippen molar-refractivity contribution < 1.29 is 12.9 Å². The molecule has 1 aliphatic heterocycles. The number of halogens is 1. The Morgan fingerprint density at radius 3 is 2.68 bits per heavy atom. The molecule has 1 aliphatic rings. The van der Waals surface area contributed by atoms with Gasteiger partial charge in [0, 0.05) is 31.2 Å². The molecule has 10 heteroatoms. The summed E-state index contributed by atoms with van der Waals surface area (Å²) >= 11 is 0. The summed E-state index contributed by atoms with van der Waals surface area (Å²) in [6, 6.07) is -0.0251. The summed E-state index contributed by atoms with van der Waals surface area (Å²) in [5, 5.41) is 10.4. The average Bonchev–Trinajstić information content (AvgIpc) is 3.10. The first-order valence-corrected chi connectivity index (χ1v) is 10.1. The lowest BCUT2D eigenvalue weighted by Gasteiger charge is -2.23. The van der Waals surface area contributed by atoms with Crippen LogP contribution >= 0.6 is 24.0 Å². The molecule has 0 spiro atoms. The number of aromatic nitrogens is 1. The zero-order chi connectivity index (χ0) is 17.7. The third-order valence-electron chi connectivity index (χ3n) is 4.17. The van der Waals surface area contributed by atoms with Gasteiger partial charge in [-0.25, -0.2) is 13.4 Å². The minimum Gasteiger partial charge on any atom is -0.361 e. The van der Waals surface area contributed by atoms with Crippen LogP contribution < -0.4 is 10.6 Å². The summed E-state index contributed by atoms with van der Waals surface area (Å²) in [6.07, 6.45) is 3.03. The summed E-state index contributed by atoms with van der Waals surface area (Å²) in [6.45, 7) is 8.09. The van der Waals surface area contributed by atoms with Gasteiger partial charge in [-0.3, -0.25) is 0 Å². The Morgan fingerprint density at radius 1 is 1.40 bits per heavy atom. The molecule has 0 bridgehead atoms. The number of rotatable bonds is 6. The fourth-order valence-electron chi connectivity index (χ4n) is 2.89. The van der Waals surface area contributed by atoms with Crippen molar-refractivity contribution in [2.24, 2.45) is 4.99 Å². The van der Waals surface area contributed by atoms with E-state index in [-0.39, 0.29) is 30.0 Å². The average molecular weight is 485 g/mol. The first kappa shape index (κ1) is 22.2. The molecule has 1 fully saturated rings. The van der Waals surface area contributed by atoms with E-state index < -0.39 is 10.0 Å². The van der Waals surface area contributed by atoms with Crippen molar-refractivity contribution in [3.05, 3.63) is 17.0 Å². The molecule has 1 atom stereocenters. The Kier molecular flexibility index (Phi) is 8.61. The van der Waals surface area contributed by atoms with Gasteiger partial charge in [0.25, 0.3) is 0 Å². The molecule has 1 aromatic heterocycles. The highest BCUT2D eigenvalue weighted by molar-refractivity contribution is 14.0. The maximum Gasteiger partial charge on any atom is 0.211 e. The van der Waals surface area contributed by atoms with Gasteiger partial charge in [-0.15, -0.1) is 24.0 Å². The van der Waals surface area contributed by atoms with Crippen LogP contribution in [0.3, 0.4) is 0 Å². The number of aryl methyl sites for hydroxylation is 2. The number of guanidine groups is 1. The maximum atomic E-state index is 11.8. The number of nitrogens with one attached hydrogen (secondary N) is 2. The molecular formula is C15H28IN5O3S. The zero-order valence-corrected chi connectivity index (χ0v) is 18.3. The second-order valence-electron chi connectivity index (χ2n) is 6.05. The Balaban J connectivity index is 0.00000312. The number of sulfonamides is 1. The molecule has 1 saturated heterocycles. The van der Waals surface area contributed by atoms with Crippen molar-refractivity contribution in [1.82, 2.24) is 20.1 Å². The lowest BCUT2D eigenvalue weighted by molar-refractivity contribution is 0.387. The highest BCUT2D eigenvalue weighted by Gasteiger charge is 2.31. The third-order valence-corrected chi connectivity index (χ3v) is 5.51. The third kappa shape index (κ3) is 6.10. The number of nitrogens with zero attached hydrogens (tertiary/aromatic N) is 3. The maximum absolute atomic E-state index is 11.8. The zero-order valence-electron chi connectivity index (χ0n) is 15.2. The molecular weight excluding hydrogens is 457 g/mol. The van der Waals surface area contributed by atoms with Crippen LogP contribution in [0.4, 0.5) is 0 Å². The van der Waals surface area contributed by atoms with E-state index in [0.717, 1.165) is 36.4 Å². The van der Waals surface area contributed by atoms with Crippen molar-refractivity contribution in [3.8, 4) is 0 Å². The summed E-state index contributed by atoms with van der Waals surface area (Å²) in [5.41, 5.74) is 1.82. The lowest BCUT2D eigenvalue weighted by atomic mass is 10.2. The first-order chi connectivity index (χ1) is 11.3. The minimum atomic E-state index is -3.16. The van der Waals surface area contributed by atoms with Crippen LogP contribution in [0.15, 0.2) is 9.52 Å². The molecule has 2 heterocycles.